The molecular formula is C19H16F2N4O3S. The lowest BCUT2D eigenvalue weighted by Crippen LogP contribution is -2.18. The number of aryl methyl sites for hydroxylation is 1. The van der Waals surface area contributed by atoms with Gasteiger partial charge in [-0.15, -0.1) is 0 Å². The lowest BCUT2D eigenvalue weighted by Gasteiger charge is -2.03. The summed E-state index contributed by atoms with van der Waals surface area (Å²) in [5.41, 5.74) is 1.55. The molecule has 2 aromatic heterocycles. The molecule has 150 valence electrons. The summed E-state index contributed by atoms with van der Waals surface area (Å²) in [5, 5.41) is 3.59. The molecule has 29 heavy (non-hydrogen) atoms. The summed E-state index contributed by atoms with van der Waals surface area (Å²) in [4.78, 5) is 19.3. The zero-order valence-corrected chi connectivity index (χ0v) is 16.0. The minimum absolute atomic E-state index is 0.118. The molecule has 0 unspecified atom stereocenters. The van der Waals surface area contributed by atoms with Gasteiger partial charge in [-0.05, 0) is 43.3 Å². The number of aldehydes is 1. The molecule has 0 saturated heterocycles. The zero-order valence-electron chi connectivity index (χ0n) is 15.2. The minimum Gasteiger partial charge on any atom is -0.296 e. The Morgan fingerprint density at radius 3 is 1.93 bits per heavy atom. The van der Waals surface area contributed by atoms with Gasteiger partial charge in [0.25, 0.3) is 10.0 Å². The van der Waals surface area contributed by atoms with Crippen LogP contribution in [-0.4, -0.2) is 30.9 Å². The standard InChI is InChI=1S/C13H12FN3O2S.C6H4FNO/c1-10-2-6-13(7-3-10)20(18,19)17-16-9-12-5-4-11(14)8-15-12;7-5-1-2-6(4-9)8-3-5/h2-9,17H,1H3;1-4H. The maximum Gasteiger partial charge on any atom is 0.276 e. The number of aromatic nitrogens is 2. The Balaban J connectivity index is 0.000000278. The van der Waals surface area contributed by atoms with Crippen LogP contribution in [0.25, 0.3) is 0 Å². The summed E-state index contributed by atoms with van der Waals surface area (Å²) in [6, 6.07) is 11.5. The molecule has 1 N–H and O–H groups in total. The second-order valence-electron chi connectivity index (χ2n) is 5.59. The first-order valence-electron chi connectivity index (χ1n) is 8.10. The van der Waals surface area contributed by atoms with Crippen LogP contribution in [0, 0.1) is 18.6 Å². The van der Waals surface area contributed by atoms with Gasteiger partial charge in [-0.2, -0.15) is 13.5 Å². The number of halogens is 2. The monoisotopic (exact) mass is 418 g/mol. The smallest absolute Gasteiger partial charge is 0.276 e. The van der Waals surface area contributed by atoms with Gasteiger partial charge in [0.15, 0.2) is 6.29 Å². The van der Waals surface area contributed by atoms with Crippen molar-refractivity contribution in [2.45, 2.75) is 11.8 Å². The number of nitrogens with one attached hydrogen (secondary N) is 1. The third kappa shape index (κ3) is 7.18. The Bertz CT molecular complexity index is 1070. The Labute approximate surface area is 166 Å². The molecule has 0 aliphatic heterocycles. The molecule has 3 aromatic rings. The van der Waals surface area contributed by atoms with E-state index in [0.29, 0.717) is 12.0 Å². The molecule has 0 radical (unpaired) electrons. The summed E-state index contributed by atoms with van der Waals surface area (Å²) in [6.07, 6.45) is 3.80. The highest BCUT2D eigenvalue weighted by molar-refractivity contribution is 7.89. The van der Waals surface area contributed by atoms with E-state index in [1.165, 1.54) is 42.6 Å². The van der Waals surface area contributed by atoms with Crippen molar-refractivity contribution in [2.24, 2.45) is 5.10 Å². The van der Waals surface area contributed by atoms with Crippen LogP contribution in [0.5, 0.6) is 0 Å². The highest BCUT2D eigenvalue weighted by Gasteiger charge is 2.11. The first-order valence-corrected chi connectivity index (χ1v) is 9.58. The maximum absolute atomic E-state index is 12.6. The number of rotatable bonds is 5. The summed E-state index contributed by atoms with van der Waals surface area (Å²) < 4.78 is 48.4. The highest BCUT2D eigenvalue weighted by Crippen LogP contribution is 2.09. The zero-order chi connectivity index (χ0) is 21.3. The molecule has 7 nitrogen and oxygen atoms in total. The van der Waals surface area contributed by atoms with Gasteiger partial charge in [-0.3, -0.25) is 14.8 Å². The minimum atomic E-state index is -3.71. The fraction of sp³-hybridized carbons (Fsp3) is 0.0526. The normalized spacial score (nSPS) is 10.9. The van der Waals surface area contributed by atoms with Crippen LogP contribution >= 0.6 is 0 Å². The number of hydrazone groups is 1. The van der Waals surface area contributed by atoms with Crippen LogP contribution < -0.4 is 4.83 Å². The SMILES string of the molecule is Cc1ccc(S(=O)(=O)NN=Cc2ccc(F)cn2)cc1.O=Cc1ccc(F)cn1. The van der Waals surface area contributed by atoms with Crippen molar-refractivity contribution in [1.29, 1.82) is 0 Å². The molecule has 0 atom stereocenters. The van der Waals surface area contributed by atoms with E-state index in [4.69, 9.17) is 0 Å². The highest BCUT2D eigenvalue weighted by atomic mass is 32.2. The van der Waals surface area contributed by atoms with Crippen molar-refractivity contribution in [1.82, 2.24) is 14.8 Å². The molecule has 0 bridgehead atoms. The quantitative estimate of drug-likeness (QED) is 0.390. The van der Waals surface area contributed by atoms with Crippen LogP contribution in [0.3, 0.4) is 0 Å². The Morgan fingerprint density at radius 2 is 1.45 bits per heavy atom. The third-order valence-corrected chi connectivity index (χ3v) is 4.56. The average Bonchev–Trinajstić information content (AvgIpc) is 2.71. The van der Waals surface area contributed by atoms with Gasteiger partial charge in [0.2, 0.25) is 0 Å². The second kappa shape index (κ2) is 10.1. The largest absolute Gasteiger partial charge is 0.296 e. The summed E-state index contributed by atoms with van der Waals surface area (Å²) in [5.74, 6) is -0.900. The van der Waals surface area contributed by atoms with Crippen molar-refractivity contribution in [3.63, 3.8) is 0 Å². The van der Waals surface area contributed by atoms with Gasteiger partial charge in [0, 0.05) is 0 Å². The molecule has 0 spiro atoms. The second-order valence-corrected chi connectivity index (χ2v) is 7.25. The lowest BCUT2D eigenvalue weighted by atomic mass is 10.2. The predicted molar refractivity (Wildman–Crippen MR) is 103 cm³/mol. The Hall–Kier alpha value is -3.53. The number of nitrogens with zero attached hydrogens (tertiary/aromatic N) is 3. The maximum atomic E-state index is 12.6. The lowest BCUT2D eigenvalue weighted by molar-refractivity contribution is 0.111. The topological polar surface area (TPSA) is 101 Å². The van der Waals surface area contributed by atoms with Crippen LogP contribution in [0.4, 0.5) is 8.78 Å². The number of carbonyl (C=O) groups is 1. The fourth-order valence-electron chi connectivity index (χ4n) is 1.85. The molecule has 0 aliphatic rings. The molecule has 0 saturated carbocycles. The molecule has 0 amide bonds. The van der Waals surface area contributed by atoms with E-state index < -0.39 is 21.7 Å². The van der Waals surface area contributed by atoms with Crippen molar-refractivity contribution < 1.29 is 22.0 Å². The van der Waals surface area contributed by atoms with Crippen LogP contribution in [0.2, 0.25) is 0 Å². The molecular weight excluding hydrogens is 402 g/mol. The molecule has 2 heterocycles. The Kier molecular flexibility index (Phi) is 7.61. The van der Waals surface area contributed by atoms with Crippen LogP contribution in [-0.2, 0) is 10.0 Å². The van der Waals surface area contributed by atoms with Crippen molar-refractivity contribution in [3.05, 3.63) is 89.5 Å². The predicted octanol–water partition coefficient (Wildman–Crippen LogP) is 2.87. The van der Waals surface area contributed by atoms with Gasteiger partial charge in [0.05, 0.1) is 29.2 Å². The third-order valence-electron chi connectivity index (χ3n) is 3.32. The first-order chi connectivity index (χ1) is 13.8. The van der Waals surface area contributed by atoms with Gasteiger partial charge in [-0.1, -0.05) is 17.7 Å². The van der Waals surface area contributed by atoms with Crippen molar-refractivity contribution in [3.8, 4) is 0 Å². The van der Waals surface area contributed by atoms with Gasteiger partial charge in [0.1, 0.15) is 17.3 Å². The summed E-state index contributed by atoms with van der Waals surface area (Å²) in [6.45, 7) is 1.86. The summed E-state index contributed by atoms with van der Waals surface area (Å²) in [7, 11) is -3.71. The van der Waals surface area contributed by atoms with E-state index in [0.717, 1.165) is 18.0 Å². The van der Waals surface area contributed by atoms with E-state index in [1.807, 2.05) is 6.92 Å². The first kappa shape index (κ1) is 21.8. The van der Waals surface area contributed by atoms with Gasteiger partial charge < -0.3 is 0 Å². The van der Waals surface area contributed by atoms with Crippen LogP contribution in [0.15, 0.2) is 70.9 Å². The number of hydrogen-bond acceptors (Lipinski definition) is 6. The number of carbonyl (C=O) groups excluding carboxylic acids is 1. The van der Waals surface area contributed by atoms with E-state index in [1.54, 1.807) is 12.1 Å². The van der Waals surface area contributed by atoms with E-state index in [-0.39, 0.29) is 10.6 Å². The van der Waals surface area contributed by atoms with E-state index in [2.05, 4.69) is 19.9 Å². The molecule has 1 aromatic carbocycles. The van der Waals surface area contributed by atoms with Gasteiger partial charge in [-0.25, -0.2) is 13.6 Å². The van der Waals surface area contributed by atoms with E-state index in [9.17, 15) is 22.0 Å². The number of benzene rings is 1. The molecule has 3 rings (SSSR count). The average molecular weight is 418 g/mol. The van der Waals surface area contributed by atoms with Crippen molar-refractivity contribution >= 4 is 22.5 Å². The molecule has 0 fully saturated rings. The Morgan fingerprint density at radius 1 is 0.897 bits per heavy atom. The van der Waals surface area contributed by atoms with Crippen molar-refractivity contribution in [2.75, 3.05) is 0 Å². The molecule has 10 heteroatoms. The number of pyridine rings is 2. The number of sulfonamides is 1. The number of hydrogen-bond donors (Lipinski definition) is 1. The fourth-order valence-corrected chi connectivity index (χ4v) is 2.64. The van der Waals surface area contributed by atoms with E-state index >= 15 is 0 Å². The van der Waals surface area contributed by atoms with Gasteiger partial charge >= 0.3 is 0 Å². The summed E-state index contributed by atoms with van der Waals surface area (Å²) >= 11 is 0. The molecule has 0 aliphatic carbocycles. The van der Waals surface area contributed by atoms with Crippen LogP contribution in [0.1, 0.15) is 21.7 Å².